The number of amides is 3. The zero-order valence-corrected chi connectivity index (χ0v) is 17.6. The molecule has 4 rings (SSSR count). The molecule has 4 unspecified atom stereocenters. The van der Waals surface area contributed by atoms with E-state index in [2.05, 4.69) is 15.3 Å². The largest absolute Gasteiger partial charge is 0.345 e. The van der Waals surface area contributed by atoms with E-state index >= 15 is 0 Å². The molecule has 4 atom stereocenters. The molecule has 158 valence electrons. The Bertz CT molecular complexity index is 950. The van der Waals surface area contributed by atoms with Gasteiger partial charge in [0, 0.05) is 0 Å². The third-order valence-corrected chi connectivity index (χ3v) is 6.03. The lowest BCUT2D eigenvalue weighted by molar-refractivity contribution is -0.148. The highest BCUT2D eigenvalue weighted by atomic mass is 16.2. The number of benzene rings is 1. The lowest BCUT2D eigenvalue weighted by Crippen LogP contribution is -2.51. The van der Waals surface area contributed by atoms with Crippen LogP contribution in [0.25, 0.3) is 11.0 Å². The smallest absolute Gasteiger partial charge is 0.243 e. The average molecular weight is 409 g/mol. The molecule has 2 N–H and O–H groups in total. The Morgan fingerprint density at radius 1 is 1.13 bits per heavy atom. The van der Waals surface area contributed by atoms with Crippen molar-refractivity contribution in [2.45, 2.75) is 52.1 Å². The van der Waals surface area contributed by atoms with E-state index in [0.29, 0.717) is 25.1 Å². The molecule has 1 fully saturated rings. The van der Waals surface area contributed by atoms with Gasteiger partial charge in [0.15, 0.2) is 0 Å². The maximum Gasteiger partial charge on any atom is 0.243 e. The normalized spacial score (nSPS) is 23.1. The summed E-state index contributed by atoms with van der Waals surface area (Å²) in [6.07, 6.45) is 5.48. The van der Waals surface area contributed by atoms with Crippen LogP contribution in [0.5, 0.6) is 0 Å². The molecule has 0 saturated carbocycles. The number of imidazole rings is 1. The van der Waals surface area contributed by atoms with Gasteiger partial charge in [-0.05, 0) is 44.2 Å². The van der Waals surface area contributed by atoms with Crippen molar-refractivity contribution in [1.82, 2.24) is 20.2 Å². The van der Waals surface area contributed by atoms with E-state index in [9.17, 15) is 14.4 Å². The van der Waals surface area contributed by atoms with E-state index in [1.54, 1.807) is 0 Å². The minimum absolute atomic E-state index is 0.156. The van der Waals surface area contributed by atoms with Crippen molar-refractivity contribution < 1.29 is 14.4 Å². The second-order valence-corrected chi connectivity index (χ2v) is 8.72. The summed E-state index contributed by atoms with van der Waals surface area (Å²) in [6, 6.07) is 6.49. The van der Waals surface area contributed by atoms with E-state index in [1.165, 1.54) is 4.90 Å². The lowest BCUT2D eigenvalue weighted by Gasteiger charge is -2.28. The number of imide groups is 1. The number of rotatable bonds is 6. The summed E-state index contributed by atoms with van der Waals surface area (Å²) >= 11 is 0. The standard InChI is InChI=1S/C23H28N4O3/c1-13(2)12-19(27-22(29)15-8-4-5-9-16(15)23(27)30)21(28)24-14(3)20-25-17-10-6-7-11-18(17)26-20/h4-7,10-11,13-16,19H,8-9,12H2,1-3H3,(H,24,28)(H,25,26). The number of H-pyrrole nitrogens is 1. The van der Waals surface area contributed by atoms with Crippen molar-refractivity contribution in [3.8, 4) is 0 Å². The van der Waals surface area contributed by atoms with Crippen LogP contribution >= 0.6 is 0 Å². The third-order valence-electron chi connectivity index (χ3n) is 6.03. The molecule has 1 aromatic heterocycles. The number of fused-ring (bicyclic) bond motifs is 2. The topological polar surface area (TPSA) is 95.2 Å². The summed E-state index contributed by atoms with van der Waals surface area (Å²) in [5.41, 5.74) is 1.72. The van der Waals surface area contributed by atoms with Gasteiger partial charge in [-0.3, -0.25) is 19.3 Å². The van der Waals surface area contributed by atoms with Gasteiger partial charge < -0.3 is 10.3 Å². The molecule has 1 aromatic carbocycles. The molecule has 2 heterocycles. The third kappa shape index (κ3) is 3.64. The molecule has 0 spiro atoms. The summed E-state index contributed by atoms with van der Waals surface area (Å²) in [5.74, 6) is -0.619. The number of likely N-dealkylation sites (tertiary alicyclic amines) is 1. The van der Waals surface area contributed by atoms with Gasteiger partial charge >= 0.3 is 0 Å². The van der Waals surface area contributed by atoms with Crippen LogP contribution in [0.15, 0.2) is 36.4 Å². The molecule has 1 aliphatic heterocycles. The Morgan fingerprint density at radius 2 is 1.77 bits per heavy atom. The van der Waals surface area contributed by atoms with E-state index in [-0.39, 0.29) is 41.5 Å². The van der Waals surface area contributed by atoms with E-state index in [1.807, 2.05) is 57.2 Å². The predicted octanol–water partition coefficient (Wildman–Crippen LogP) is 3.11. The van der Waals surface area contributed by atoms with Crippen LogP contribution in [-0.4, -0.2) is 38.6 Å². The Balaban J connectivity index is 1.55. The molecular weight excluding hydrogens is 380 g/mol. The molecule has 0 bridgehead atoms. The Morgan fingerprint density at radius 3 is 2.37 bits per heavy atom. The minimum atomic E-state index is -0.803. The number of aromatic nitrogens is 2. The second kappa shape index (κ2) is 8.05. The molecule has 2 aromatic rings. The molecule has 1 aliphatic carbocycles. The molecule has 2 aliphatic rings. The van der Waals surface area contributed by atoms with E-state index < -0.39 is 6.04 Å². The number of hydrogen-bond donors (Lipinski definition) is 2. The molecule has 1 saturated heterocycles. The molecular formula is C23H28N4O3. The van der Waals surface area contributed by atoms with Crippen molar-refractivity contribution in [3.05, 3.63) is 42.2 Å². The highest BCUT2D eigenvalue weighted by molar-refractivity contribution is 6.08. The maximum atomic E-state index is 13.2. The van der Waals surface area contributed by atoms with Gasteiger partial charge in [-0.15, -0.1) is 0 Å². The average Bonchev–Trinajstić information content (AvgIpc) is 3.26. The monoisotopic (exact) mass is 408 g/mol. The zero-order chi connectivity index (χ0) is 21.4. The van der Waals surface area contributed by atoms with Crippen LogP contribution in [0.1, 0.15) is 51.9 Å². The number of allylic oxidation sites excluding steroid dienone is 2. The first-order valence-electron chi connectivity index (χ1n) is 10.6. The summed E-state index contributed by atoms with van der Waals surface area (Å²) in [6.45, 7) is 5.82. The van der Waals surface area contributed by atoms with Gasteiger partial charge in [-0.25, -0.2) is 4.98 Å². The van der Waals surface area contributed by atoms with Gasteiger partial charge in [-0.1, -0.05) is 38.1 Å². The van der Waals surface area contributed by atoms with E-state index in [0.717, 1.165) is 11.0 Å². The number of nitrogens with one attached hydrogen (secondary N) is 2. The van der Waals surface area contributed by atoms with Gasteiger partial charge in [0.05, 0.1) is 28.9 Å². The van der Waals surface area contributed by atoms with Crippen LogP contribution < -0.4 is 5.32 Å². The fourth-order valence-electron chi connectivity index (χ4n) is 4.46. The van der Waals surface area contributed by atoms with Crippen molar-refractivity contribution in [3.63, 3.8) is 0 Å². The van der Waals surface area contributed by atoms with Crippen molar-refractivity contribution in [1.29, 1.82) is 0 Å². The van der Waals surface area contributed by atoms with Gasteiger partial charge in [0.1, 0.15) is 11.9 Å². The lowest BCUT2D eigenvalue weighted by atomic mass is 9.85. The van der Waals surface area contributed by atoms with Crippen LogP contribution in [0.2, 0.25) is 0 Å². The number of carbonyl (C=O) groups excluding carboxylic acids is 3. The number of hydrogen-bond acceptors (Lipinski definition) is 4. The van der Waals surface area contributed by atoms with Gasteiger partial charge in [0.2, 0.25) is 17.7 Å². The summed E-state index contributed by atoms with van der Waals surface area (Å²) in [7, 11) is 0. The first kappa shape index (κ1) is 20.3. The van der Waals surface area contributed by atoms with Crippen LogP contribution in [0.3, 0.4) is 0 Å². The Kier molecular flexibility index (Phi) is 5.45. The number of nitrogens with zero attached hydrogens (tertiary/aromatic N) is 2. The van der Waals surface area contributed by atoms with Gasteiger partial charge in [0.25, 0.3) is 0 Å². The van der Waals surface area contributed by atoms with Crippen molar-refractivity contribution >= 4 is 28.8 Å². The molecule has 30 heavy (non-hydrogen) atoms. The molecule has 7 heteroatoms. The quantitative estimate of drug-likeness (QED) is 0.567. The summed E-state index contributed by atoms with van der Waals surface area (Å²) in [5, 5.41) is 2.97. The molecule has 0 radical (unpaired) electrons. The summed E-state index contributed by atoms with van der Waals surface area (Å²) in [4.78, 5) is 48.3. The Labute approximate surface area is 175 Å². The first-order valence-corrected chi connectivity index (χ1v) is 10.6. The van der Waals surface area contributed by atoms with Crippen LogP contribution in [0.4, 0.5) is 0 Å². The van der Waals surface area contributed by atoms with Crippen molar-refractivity contribution in [2.24, 2.45) is 17.8 Å². The highest BCUT2D eigenvalue weighted by Gasteiger charge is 2.51. The number of aromatic amines is 1. The van der Waals surface area contributed by atoms with Gasteiger partial charge in [-0.2, -0.15) is 0 Å². The first-order chi connectivity index (χ1) is 14.4. The highest BCUT2D eigenvalue weighted by Crippen LogP contribution is 2.37. The fourth-order valence-corrected chi connectivity index (χ4v) is 4.46. The fraction of sp³-hybridized carbons (Fsp3) is 0.478. The van der Waals surface area contributed by atoms with Crippen LogP contribution in [-0.2, 0) is 14.4 Å². The Hall–Kier alpha value is -2.96. The van der Waals surface area contributed by atoms with Crippen LogP contribution in [0, 0.1) is 17.8 Å². The van der Waals surface area contributed by atoms with Crippen molar-refractivity contribution in [2.75, 3.05) is 0 Å². The maximum absolute atomic E-state index is 13.2. The second-order valence-electron chi connectivity index (χ2n) is 8.72. The number of para-hydroxylation sites is 2. The summed E-state index contributed by atoms with van der Waals surface area (Å²) < 4.78 is 0. The SMILES string of the molecule is CC(C)CC(C(=O)NC(C)c1nc2ccccc2[nH]1)N1C(=O)C2CC=CCC2C1=O. The zero-order valence-electron chi connectivity index (χ0n) is 17.6. The predicted molar refractivity (Wildman–Crippen MR) is 113 cm³/mol. The van der Waals surface area contributed by atoms with E-state index in [4.69, 9.17) is 0 Å². The minimum Gasteiger partial charge on any atom is -0.345 e. The molecule has 7 nitrogen and oxygen atoms in total. The number of carbonyl (C=O) groups is 3. The molecule has 3 amide bonds.